The third-order valence-corrected chi connectivity index (χ3v) is 1.17. The van der Waals surface area contributed by atoms with Gasteiger partial charge in [0.2, 0.25) is 5.12 Å². The van der Waals surface area contributed by atoms with E-state index in [0.29, 0.717) is 5.56 Å². The molecule has 0 aliphatic heterocycles. The van der Waals surface area contributed by atoms with Crippen molar-refractivity contribution in [3.05, 3.63) is 30.1 Å². The van der Waals surface area contributed by atoms with Crippen LogP contribution in [-0.4, -0.2) is 10.1 Å². The molecule has 0 amide bonds. The molecule has 1 aromatic rings. The molecule has 0 saturated carbocycles. The predicted molar refractivity (Wildman–Crippen MR) is 37.6 cm³/mol. The van der Waals surface area contributed by atoms with Crippen LogP contribution in [0.15, 0.2) is 24.5 Å². The second-order valence-electron chi connectivity index (χ2n) is 1.55. The summed E-state index contributed by atoms with van der Waals surface area (Å²) in [6, 6.07) is 3.37. The maximum Gasteiger partial charge on any atom is 0.217 e. The highest BCUT2D eigenvalue weighted by atomic mass is 32.1. The van der Waals surface area contributed by atoms with Gasteiger partial charge in [-0.05, 0) is 12.1 Å². The van der Waals surface area contributed by atoms with Crippen LogP contribution in [-0.2, 0) is 0 Å². The van der Waals surface area contributed by atoms with Gasteiger partial charge in [-0.3, -0.25) is 9.78 Å². The van der Waals surface area contributed by atoms with Crippen LogP contribution in [0.3, 0.4) is 0 Å². The Hall–Kier alpha value is -0.830. The van der Waals surface area contributed by atoms with Crippen LogP contribution < -0.4 is 0 Å². The van der Waals surface area contributed by atoms with E-state index in [1.807, 2.05) is 0 Å². The number of rotatable bonds is 1. The lowest BCUT2D eigenvalue weighted by molar-refractivity contribution is 0.109. The van der Waals surface area contributed by atoms with Gasteiger partial charge in [0.1, 0.15) is 0 Å². The van der Waals surface area contributed by atoms with E-state index in [-0.39, 0.29) is 5.12 Å². The van der Waals surface area contributed by atoms with Crippen molar-refractivity contribution < 1.29 is 4.79 Å². The molecule has 0 aliphatic carbocycles. The van der Waals surface area contributed by atoms with Crippen molar-refractivity contribution in [1.82, 2.24) is 4.98 Å². The largest absolute Gasteiger partial charge is 0.282 e. The van der Waals surface area contributed by atoms with Gasteiger partial charge in [-0.15, -0.1) is 12.6 Å². The molecule has 9 heavy (non-hydrogen) atoms. The lowest BCUT2D eigenvalue weighted by Crippen LogP contribution is -1.87. The van der Waals surface area contributed by atoms with Gasteiger partial charge in [0.05, 0.1) is 0 Å². The van der Waals surface area contributed by atoms with Gasteiger partial charge in [0.25, 0.3) is 0 Å². The van der Waals surface area contributed by atoms with E-state index in [4.69, 9.17) is 0 Å². The monoisotopic (exact) mass is 139 g/mol. The van der Waals surface area contributed by atoms with Crippen molar-refractivity contribution in [1.29, 1.82) is 0 Å². The van der Waals surface area contributed by atoms with Crippen LogP contribution in [0.2, 0.25) is 0 Å². The molecule has 0 radical (unpaired) electrons. The van der Waals surface area contributed by atoms with E-state index >= 15 is 0 Å². The van der Waals surface area contributed by atoms with Gasteiger partial charge in [0, 0.05) is 18.0 Å². The first-order valence-corrected chi connectivity index (χ1v) is 2.89. The quantitative estimate of drug-likeness (QED) is 0.591. The van der Waals surface area contributed by atoms with Crippen molar-refractivity contribution in [3.8, 4) is 0 Å². The van der Waals surface area contributed by atoms with Crippen molar-refractivity contribution in [3.63, 3.8) is 0 Å². The topological polar surface area (TPSA) is 30.0 Å². The standard InChI is InChI=1S/C6H5NOS/c8-6(9)5-2-1-3-7-4-5/h1-4H,(H,8,9). The maximum absolute atomic E-state index is 10.5. The molecule has 3 heteroatoms. The summed E-state index contributed by atoms with van der Waals surface area (Å²) in [6.07, 6.45) is 3.09. The van der Waals surface area contributed by atoms with Crippen LogP contribution in [0, 0.1) is 0 Å². The van der Waals surface area contributed by atoms with Crippen LogP contribution in [0.5, 0.6) is 0 Å². The number of pyridine rings is 1. The Morgan fingerprint density at radius 3 is 2.78 bits per heavy atom. The first-order chi connectivity index (χ1) is 4.30. The van der Waals surface area contributed by atoms with Crippen molar-refractivity contribution in [2.24, 2.45) is 0 Å². The molecule has 0 aromatic carbocycles. The normalized spacial score (nSPS) is 9.00. The molecule has 1 rings (SSSR count). The van der Waals surface area contributed by atoms with Crippen LogP contribution in [0.25, 0.3) is 0 Å². The lowest BCUT2D eigenvalue weighted by atomic mass is 10.3. The SMILES string of the molecule is O=C(S)c1cccnc1. The Balaban J connectivity index is 2.98. The average Bonchev–Trinajstić information content (AvgIpc) is 1.90. The van der Waals surface area contributed by atoms with Crippen LogP contribution in [0.1, 0.15) is 10.4 Å². The zero-order chi connectivity index (χ0) is 6.69. The van der Waals surface area contributed by atoms with Gasteiger partial charge in [-0.25, -0.2) is 0 Å². The van der Waals surface area contributed by atoms with E-state index in [2.05, 4.69) is 17.6 Å². The smallest absolute Gasteiger partial charge is 0.217 e. The van der Waals surface area contributed by atoms with Gasteiger partial charge in [0.15, 0.2) is 0 Å². The molecule has 0 N–H and O–H groups in total. The molecule has 0 saturated heterocycles. The molecule has 0 spiro atoms. The third kappa shape index (κ3) is 1.54. The number of carbonyl (C=O) groups is 1. The maximum atomic E-state index is 10.5. The Labute approximate surface area is 58.3 Å². The van der Waals surface area contributed by atoms with Gasteiger partial charge in [-0.2, -0.15) is 0 Å². The fraction of sp³-hybridized carbons (Fsp3) is 0. The fourth-order valence-electron chi connectivity index (χ4n) is 0.489. The molecular formula is C6H5NOS. The summed E-state index contributed by atoms with van der Waals surface area (Å²) < 4.78 is 0. The van der Waals surface area contributed by atoms with Gasteiger partial charge >= 0.3 is 0 Å². The van der Waals surface area contributed by atoms with E-state index in [0.717, 1.165) is 0 Å². The van der Waals surface area contributed by atoms with E-state index in [1.54, 1.807) is 18.3 Å². The number of nitrogens with zero attached hydrogens (tertiary/aromatic N) is 1. The van der Waals surface area contributed by atoms with Crippen LogP contribution in [0.4, 0.5) is 0 Å². The second kappa shape index (κ2) is 2.64. The lowest BCUT2D eigenvalue weighted by Gasteiger charge is -1.87. The third-order valence-electron chi connectivity index (χ3n) is 0.908. The van der Waals surface area contributed by atoms with Crippen LogP contribution >= 0.6 is 12.6 Å². The zero-order valence-corrected chi connectivity index (χ0v) is 5.51. The minimum Gasteiger partial charge on any atom is -0.282 e. The number of hydrogen-bond donors (Lipinski definition) is 1. The Kier molecular flexibility index (Phi) is 1.85. The fourth-order valence-corrected chi connectivity index (χ4v) is 0.622. The Bertz CT molecular complexity index is 210. The first-order valence-electron chi connectivity index (χ1n) is 2.44. The van der Waals surface area contributed by atoms with Gasteiger partial charge < -0.3 is 0 Å². The van der Waals surface area contributed by atoms with Crippen molar-refractivity contribution >= 4 is 17.7 Å². The molecule has 0 atom stereocenters. The molecule has 1 heterocycles. The van der Waals surface area contributed by atoms with Gasteiger partial charge in [-0.1, -0.05) is 0 Å². The summed E-state index contributed by atoms with van der Waals surface area (Å²) in [5.74, 6) is 0. The molecule has 0 bridgehead atoms. The van der Waals surface area contributed by atoms with Crippen molar-refractivity contribution in [2.45, 2.75) is 0 Å². The molecule has 1 aromatic heterocycles. The molecular weight excluding hydrogens is 134 g/mol. The summed E-state index contributed by atoms with van der Waals surface area (Å²) in [5.41, 5.74) is 0.529. The summed E-state index contributed by atoms with van der Waals surface area (Å²) in [4.78, 5) is 14.2. The van der Waals surface area contributed by atoms with E-state index in [1.165, 1.54) is 6.20 Å². The number of carbonyl (C=O) groups excluding carboxylic acids is 1. The zero-order valence-electron chi connectivity index (χ0n) is 4.61. The molecule has 0 unspecified atom stereocenters. The minimum absolute atomic E-state index is 0.247. The van der Waals surface area contributed by atoms with Crippen molar-refractivity contribution in [2.75, 3.05) is 0 Å². The number of thiol groups is 1. The highest BCUT2D eigenvalue weighted by molar-refractivity contribution is 7.97. The predicted octanol–water partition coefficient (Wildman–Crippen LogP) is 1.15. The minimum atomic E-state index is -0.247. The molecule has 2 nitrogen and oxygen atoms in total. The average molecular weight is 139 g/mol. The second-order valence-corrected chi connectivity index (χ2v) is 1.95. The van der Waals surface area contributed by atoms with E-state index in [9.17, 15) is 4.79 Å². The molecule has 0 fully saturated rings. The summed E-state index contributed by atoms with van der Waals surface area (Å²) in [5, 5.41) is -0.247. The highest BCUT2D eigenvalue weighted by Crippen LogP contribution is 1.98. The van der Waals surface area contributed by atoms with E-state index < -0.39 is 0 Å². The highest BCUT2D eigenvalue weighted by Gasteiger charge is 1.95. The summed E-state index contributed by atoms with van der Waals surface area (Å²) in [7, 11) is 0. The number of hydrogen-bond acceptors (Lipinski definition) is 2. The number of aromatic nitrogens is 1. The molecule has 46 valence electrons. The first kappa shape index (κ1) is 6.29. The summed E-state index contributed by atoms with van der Waals surface area (Å²) >= 11 is 3.61. The summed E-state index contributed by atoms with van der Waals surface area (Å²) in [6.45, 7) is 0. The Morgan fingerprint density at radius 2 is 2.44 bits per heavy atom. The Morgan fingerprint density at radius 1 is 1.67 bits per heavy atom. The molecule has 0 aliphatic rings.